The molecule has 0 spiro atoms. The second-order valence-electron chi connectivity index (χ2n) is 9.33. The number of ether oxygens (including phenoxy) is 2. The first-order valence-electron chi connectivity index (χ1n) is 10.9. The van der Waals surface area contributed by atoms with Crippen LogP contribution in [-0.4, -0.2) is 28.9 Å². The second-order valence-corrected chi connectivity index (χ2v) is 9.33. The highest BCUT2D eigenvalue weighted by Gasteiger charge is 2.37. The van der Waals surface area contributed by atoms with Gasteiger partial charge in [0.15, 0.2) is 11.6 Å². The van der Waals surface area contributed by atoms with Gasteiger partial charge < -0.3 is 14.6 Å². The first-order chi connectivity index (χ1) is 15.0. The Morgan fingerprint density at radius 2 is 1.66 bits per heavy atom. The minimum absolute atomic E-state index is 0.332. The molecule has 0 aromatic heterocycles. The molecule has 1 aliphatic heterocycles. The summed E-state index contributed by atoms with van der Waals surface area (Å²) >= 11 is 0. The average molecular weight is 439 g/mol. The molecule has 2 aromatic carbocycles. The Morgan fingerprint density at radius 3 is 2.22 bits per heavy atom. The summed E-state index contributed by atoms with van der Waals surface area (Å²) in [5, 5.41) is 9.69. The molecule has 0 aliphatic carbocycles. The monoisotopic (exact) mass is 438 g/mol. The highest BCUT2D eigenvalue weighted by Crippen LogP contribution is 2.43. The number of phenolic OH excluding ortho intramolecular Hbond substituents is 1. The van der Waals surface area contributed by atoms with Crippen LogP contribution in [0.2, 0.25) is 0 Å². The molecule has 3 rings (SSSR count). The van der Waals surface area contributed by atoms with E-state index in [2.05, 4.69) is 27.7 Å². The van der Waals surface area contributed by atoms with Crippen LogP contribution in [0.1, 0.15) is 64.2 Å². The van der Waals surface area contributed by atoms with Crippen LogP contribution in [0.25, 0.3) is 11.6 Å². The molecule has 2 aromatic rings. The van der Waals surface area contributed by atoms with Crippen LogP contribution in [0.3, 0.4) is 0 Å². The normalized spacial score (nSPS) is 17.4. The molecule has 170 valence electrons. The van der Waals surface area contributed by atoms with Crippen LogP contribution in [0, 0.1) is 5.82 Å². The van der Waals surface area contributed by atoms with Crippen molar-refractivity contribution in [3.8, 4) is 5.75 Å². The van der Waals surface area contributed by atoms with E-state index in [-0.39, 0.29) is 22.9 Å². The third-order valence-corrected chi connectivity index (χ3v) is 5.32. The molecule has 0 unspecified atom stereocenters. The van der Waals surface area contributed by atoms with Crippen molar-refractivity contribution >= 4 is 17.6 Å². The highest BCUT2D eigenvalue weighted by atomic mass is 19.1. The van der Waals surface area contributed by atoms with E-state index in [0.29, 0.717) is 25.0 Å². The third kappa shape index (κ3) is 5.86. The van der Waals surface area contributed by atoms with E-state index in [1.54, 1.807) is 19.1 Å². The minimum Gasteiger partial charge on any atom is -0.505 e. The van der Waals surface area contributed by atoms with Gasteiger partial charge in [0.25, 0.3) is 0 Å². The molecule has 1 saturated heterocycles. The molecule has 0 radical (unpaired) electrons. The fraction of sp³-hybridized carbons (Fsp3) is 0.370. The number of carbonyl (C=O) groups excluding carboxylic acids is 1. The molecule has 4 nitrogen and oxygen atoms in total. The second kappa shape index (κ2) is 9.29. The van der Waals surface area contributed by atoms with Gasteiger partial charge in [0.2, 0.25) is 0 Å². The van der Waals surface area contributed by atoms with Crippen molar-refractivity contribution in [2.75, 3.05) is 6.61 Å². The van der Waals surface area contributed by atoms with Gasteiger partial charge in [-0.25, -0.2) is 9.18 Å². The number of hydrogen-bond acceptors (Lipinski definition) is 4. The van der Waals surface area contributed by atoms with Crippen LogP contribution >= 0.6 is 0 Å². The Hall–Kier alpha value is -2.92. The van der Waals surface area contributed by atoms with Crippen LogP contribution in [0.5, 0.6) is 5.75 Å². The summed E-state index contributed by atoms with van der Waals surface area (Å²) in [6.07, 6.45) is 4.52. The Balaban J connectivity index is 2.07. The summed E-state index contributed by atoms with van der Waals surface area (Å²) in [6.45, 7) is 10.3. The maximum absolute atomic E-state index is 14.3. The van der Waals surface area contributed by atoms with E-state index >= 15 is 0 Å². The molecule has 1 heterocycles. The highest BCUT2D eigenvalue weighted by molar-refractivity contribution is 5.87. The zero-order chi connectivity index (χ0) is 23.5. The zero-order valence-corrected chi connectivity index (χ0v) is 19.4. The van der Waals surface area contributed by atoms with Gasteiger partial charge in [-0.1, -0.05) is 35.9 Å². The summed E-state index contributed by atoms with van der Waals surface area (Å²) < 4.78 is 25.4. The lowest BCUT2D eigenvalue weighted by Gasteiger charge is -2.43. The quantitative estimate of drug-likeness (QED) is 0.441. The molecular weight excluding hydrogens is 407 g/mol. The molecule has 1 fully saturated rings. The topological polar surface area (TPSA) is 55.8 Å². The van der Waals surface area contributed by atoms with Crippen molar-refractivity contribution in [3.05, 3.63) is 76.6 Å². The summed E-state index contributed by atoms with van der Waals surface area (Å²) in [6, 6.07) is 12.3. The van der Waals surface area contributed by atoms with Crippen molar-refractivity contribution in [2.45, 2.75) is 58.7 Å². The predicted octanol–water partition coefficient (Wildman–Crippen LogP) is 6.28. The lowest BCUT2D eigenvalue weighted by Crippen LogP contribution is -2.42. The van der Waals surface area contributed by atoms with Crippen molar-refractivity contribution < 1.29 is 23.8 Å². The lowest BCUT2D eigenvalue weighted by molar-refractivity contribution is -0.139. The minimum atomic E-state index is -0.653. The van der Waals surface area contributed by atoms with Gasteiger partial charge in [-0.3, -0.25) is 0 Å². The van der Waals surface area contributed by atoms with E-state index in [0.717, 1.165) is 16.7 Å². The van der Waals surface area contributed by atoms with E-state index in [1.807, 2.05) is 24.3 Å². The number of rotatable bonds is 5. The Kier molecular flexibility index (Phi) is 6.89. The number of halogens is 1. The summed E-state index contributed by atoms with van der Waals surface area (Å²) in [5.41, 5.74) is 3.89. The molecule has 5 heteroatoms. The lowest BCUT2D eigenvalue weighted by atomic mass is 9.79. The summed E-state index contributed by atoms with van der Waals surface area (Å²) in [7, 11) is 0. The fourth-order valence-corrected chi connectivity index (χ4v) is 4.44. The van der Waals surface area contributed by atoms with Gasteiger partial charge in [-0.05, 0) is 87.9 Å². The first kappa shape index (κ1) is 23.7. The maximum Gasteiger partial charge on any atom is 0.330 e. The Labute approximate surface area is 189 Å². The average Bonchev–Trinajstić information content (AvgIpc) is 2.68. The van der Waals surface area contributed by atoms with Gasteiger partial charge in [-0.15, -0.1) is 0 Å². The summed E-state index contributed by atoms with van der Waals surface area (Å²) in [5.74, 6) is -1.41. The van der Waals surface area contributed by atoms with E-state index < -0.39 is 5.82 Å². The van der Waals surface area contributed by atoms with Crippen LogP contribution in [-0.2, 0) is 14.3 Å². The third-order valence-electron chi connectivity index (χ3n) is 5.32. The molecule has 1 aliphatic rings. The van der Waals surface area contributed by atoms with Crippen molar-refractivity contribution in [2.24, 2.45) is 0 Å². The SMILES string of the molecule is CCOC(=O)C=Cc1ccc(C(=C2CC(C)(C)OC(C)(C)C2)c2ccc(O)c(F)c2)cc1. The Morgan fingerprint density at radius 1 is 1.06 bits per heavy atom. The van der Waals surface area contributed by atoms with Crippen LogP contribution in [0.15, 0.2) is 54.1 Å². The molecule has 0 atom stereocenters. The number of benzene rings is 2. The van der Waals surface area contributed by atoms with Gasteiger partial charge in [0.05, 0.1) is 17.8 Å². The number of aromatic hydroxyl groups is 1. The number of hydrogen-bond donors (Lipinski definition) is 1. The van der Waals surface area contributed by atoms with E-state index in [9.17, 15) is 14.3 Å². The van der Waals surface area contributed by atoms with Gasteiger partial charge >= 0.3 is 5.97 Å². The standard InChI is InChI=1S/C27H31FO4/c1-6-31-24(30)14-9-18-7-10-19(11-8-18)25(20-12-13-23(29)22(28)15-20)21-16-26(2,3)32-27(4,5)17-21/h7-15,29H,6,16-17H2,1-5H3. The van der Waals surface area contributed by atoms with Crippen LogP contribution < -0.4 is 0 Å². The van der Waals surface area contributed by atoms with Crippen LogP contribution in [0.4, 0.5) is 4.39 Å². The largest absolute Gasteiger partial charge is 0.505 e. The molecule has 0 amide bonds. The number of carbonyl (C=O) groups is 1. The molecular formula is C27H31FO4. The molecule has 0 bridgehead atoms. The summed E-state index contributed by atoms with van der Waals surface area (Å²) in [4.78, 5) is 11.6. The van der Waals surface area contributed by atoms with Gasteiger partial charge in [-0.2, -0.15) is 0 Å². The van der Waals surface area contributed by atoms with Crippen molar-refractivity contribution in [1.29, 1.82) is 0 Å². The predicted molar refractivity (Wildman–Crippen MR) is 125 cm³/mol. The van der Waals surface area contributed by atoms with Crippen molar-refractivity contribution in [1.82, 2.24) is 0 Å². The zero-order valence-electron chi connectivity index (χ0n) is 19.4. The van der Waals surface area contributed by atoms with Gasteiger partial charge in [0.1, 0.15) is 0 Å². The van der Waals surface area contributed by atoms with E-state index in [1.165, 1.54) is 23.8 Å². The number of esters is 1. The number of phenols is 1. The Bertz CT molecular complexity index is 1030. The first-order valence-corrected chi connectivity index (χ1v) is 10.9. The van der Waals surface area contributed by atoms with Crippen molar-refractivity contribution in [3.63, 3.8) is 0 Å². The smallest absolute Gasteiger partial charge is 0.330 e. The molecule has 1 N–H and O–H groups in total. The molecule has 32 heavy (non-hydrogen) atoms. The van der Waals surface area contributed by atoms with E-state index in [4.69, 9.17) is 9.47 Å². The maximum atomic E-state index is 14.3. The molecule has 0 saturated carbocycles. The fourth-order valence-electron chi connectivity index (χ4n) is 4.44. The van der Waals surface area contributed by atoms with Gasteiger partial charge in [0, 0.05) is 6.08 Å².